The molecule has 1 amide bonds. The average Bonchev–Trinajstić information content (AvgIpc) is 2.27. The molecule has 0 aromatic heterocycles. The van der Waals surface area contributed by atoms with Gasteiger partial charge in [-0.1, -0.05) is 30.7 Å². The van der Waals surface area contributed by atoms with Gasteiger partial charge in [-0.3, -0.25) is 4.79 Å². The van der Waals surface area contributed by atoms with E-state index in [1.54, 1.807) is 7.05 Å². The highest BCUT2D eigenvalue weighted by molar-refractivity contribution is 6.30. The minimum Gasteiger partial charge on any atom is -0.359 e. The van der Waals surface area contributed by atoms with E-state index in [-0.39, 0.29) is 11.8 Å². The van der Waals surface area contributed by atoms with Crippen LogP contribution >= 0.6 is 11.6 Å². The molecule has 82 valence electrons. The van der Waals surface area contributed by atoms with Crippen LogP contribution in [-0.4, -0.2) is 13.0 Å². The summed E-state index contributed by atoms with van der Waals surface area (Å²) >= 11 is 5.81. The Bertz CT molecular complexity index is 321. The molecule has 0 heterocycles. The van der Waals surface area contributed by atoms with E-state index in [4.69, 9.17) is 11.6 Å². The van der Waals surface area contributed by atoms with Crippen molar-refractivity contribution in [2.75, 3.05) is 7.05 Å². The third-order valence-corrected chi connectivity index (χ3v) is 2.80. The monoisotopic (exact) mass is 225 g/mol. The molecule has 0 saturated carbocycles. The third kappa shape index (κ3) is 3.56. The lowest BCUT2D eigenvalue weighted by atomic mass is 9.93. The number of benzene rings is 1. The highest BCUT2D eigenvalue weighted by Crippen LogP contribution is 2.24. The van der Waals surface area contributed by atoms with Crippen LogP contribution in [0, 0.1) is 0 Å². The Morgan fingerprint density at radius 1 is 1.40 bits per heavy atom. The molecular weight excluding hydrogens is 210 g/mol. The molecular formula is C12H16ClNO. The second kappa shape index (κ2) is 5.76. The van der Waals surface area contributed by atoms with E-state index in [9.17, 15) is 4.79 Å². The fourth-order valence-electron chi connectivity index (χ4n) is 1.56. The van der Waals surface area contributed by atoms with Crippen molar-refractivity contribution in [2.45, 2.75) is 25.7 Å². The van der Waals surface area contributed by atoms with Crippen LogP contribution in [0.5, 0.6) is 0 Å². The van der Waals surface area contributed by atoms with Gasteiger partial charge in [0.05, 0.1) is 0 Å². The summed E-state index contributed by atoms with van der Waals surface area (Å²) in [7, 11) is 1.66. The molecule has 0 fully saturated rings. The van der Waals surface area contributed by atoms with Crippen molar-refractivity contribution in [3.8, 4) is 0 Å². The quantitative estimate of drug-likeness (QED) is 0.839. The Hall–Kier alpha value is -1.02. The van der Waals surface area contributed by atoms with E-state index in [0.717, 1.165) is 11.4 Å². The first-order chi connectivity index (χ1) is 7.17. The minimum atomic E-state index is 0.0804. The maximum absolute atomic E-state index is 11.3. The number of carbonyl (C=O) groups is 1. The zero-order chi connectivity index (χ0) is 11.3. The summed E-state index contributed by atoms with van der Waals surface area (Å²) in [6, 6.07) is 7.70. The van der Waals surface area contributed by atoms with Crippen molar-refractivity contribution in [2.24, 2.45) is 0 Å². The predicted molar refractivity (Wildman–Crippen MR) is 63.2 cm³/mol. The summed E-state index contributed by atoms with van der Waals surface area (Å²) in [6.07, 6.45) is 1.49. The van der Waals surface area contributed by atoms with Crippen LogP contribution in [0.2, 0.25) is 5.02 Å². The van der Waals surface area contributed by atoms with Crippen molar-refractivity contribution in [1.29, 1.82) is 0 Å². The standard InChI is InChI=1S/C12H16ClNO/c1-3-9(8-12(15)14-2)10-4-6-11(13)7-5-10/h4-7,9H,3,8H2,1-2H3,(H,14,15)/t9-/m0/s1. The lowest BCUT2D eigenvalue weighted by Gasteiger charge is -2.14. The molecule has 0 bridgehead atoms. The number of hydrogen-bond donors (Lipinski definition) is 1. The van der Waals surface area contributed by atoms with Gasteiger partial charge in [-0.05, 0) is 30.0 Å². The predicted octanol–water partition coefficient (Wildman–Crippen LogP) is 2.97. The second-order valence-corrected chi connectivity index (χ2v) is 3.97. The molecule has 0 saturated heterocycles. The summed E-state index contributed by atoms with van der Waals surface area (Å²) < 4.78 is 0. The van der Waals surface area contributed by atoms with Gasteiger partial charge in [0.25, 0.3) is 0 Å². The van der Waals surface area contributed by atoms with Crippen LogP contribution in [0.1, 0.15) is 31.2 Å². The Balaban J connectivity index is 2.74. The van der Waals surface area contributed by atoms with Crippen molar-refractivity contribution >= 4 is 17.5 Å². The molecule has 0 aliphatic carbocycles. The summed E-state index contributed by atoms with van der Waals surface area (Å²) in [5.74, 6) is 0.360. The Labute approximate surface area is 95.6 Å². The normalized spacial score (nSPS) is 12.2. The number of rotatable bonds is 4. The summed E-state index contributed by atoms with van der Waals surface area (Å²) in [4.78, 5) is 11.3. The molecule has 1 N–H and O–H groups in total. The maximum atomic E-state index is 11.3. The van der Waals surface area contributed by atoms with E-state index in [1.807, 2.05) is 24.3 Å². The molecule has 1 aromatic carbocycles. The molecule has 0 aliphatic heterocycles. The molecule has 0 radical (unpaired) electrons. The molecule has 0 spiro atoms. The average molecular weight is 226 g/mol. The Kier molecular flexibility index (Phi) is 4.63. The zero-order valence-electron chi connectivity index (χ0n) is 9.09. The highest BCUT2D eigenvalue weighted by atomic mass is 35.5. The van der Waals surface area contributed by atoms with Crippen LogP contribution in [0.15, 0.2) is 24.3 Å². The zero-order valence-corrected chi connectivity index (χ0v) is 9.84. The van der Waals surface area contributed by atoms with Gasteiger partial charge in [0.1, 0.15) is 0 Å². The van der Waals surface area contributed by atoms with E-state index < -0.39 is 0 Å². The number of halogens is 1. The second-order valence-electron chi connectivity index (χ2n) is 3.53. The van der Waals surface area contributed by atoms with Gasteiger partial charge in [0.2, 0.25) is 5.91 Å². The van der Waals surface area contributed by atoms with Gasteiger partial charge in [-0.2, -0.15) is 0 Å². The van der Waals surface area contributed by atoms with Gasteiger partial charge in [-0.15, -0.1) is 0 Å². The minimum absolute atomic E-state index is 0.0804. The Morgan fingerprint density at radius 3 is 2.47 bits per heavy atom. The third-order valence-electron chi connectivity index (χ3n) is 2.54. The van der Waals surface area contributed by atoms with Crippen LogP contribution in [-0.2, 0) is 4.79 Å². The number of amides is 1. The van der Waals surface area contributed by atoms with Crippen LogP contribution < -0.4 is 5.32 Å². The van der Waals surface area contributed by atoms with Crippen LogP contribution in [0.4, 0.5) is 0 Å². The number of hydrogen-bond acceptors (Lipinski definition) is 1. The summed E-state index contributed by atoms with van der Waals surface area (Å²) in [5.41, 5.74) is 1.17. The maximum Gasteiger partial charge on any atom is 0.220 e. The number of carbonyl (C=O) groups excluding carboxylic acids is 1. The van der Waals surface area contributed by atoms with E-state index in [0.29, 0.717) is 6.42 Å². The van der Waals surface area contributed by atoms with Crippen LogP contribution in [0.3, 0.4) is 0 Å². The molecule has 1 atom stereocenters. The Morgan fingerprint density at radius 2 is 2.00 bits per heavy atom. The summed E-state index contributed by atoms with van der Waals surface area (Å²) in [5, 5.41) is 3.38. The van der Waals surface area contributed by atoms with Crippen molar-refractivity contribution < 1.29 is 4.79 Å². The molecule has 15 heavy (non-hydrogen) atoms. The van der Waals surface area contributed by atoms with E-state index >= 15 is 0 Å². The van der Waals surface area contributed by atoms with Crippen LogP contribution in [0.25, 0.3) is 0 Å². The largest absolute Gasteiger partial charge is 0.359 e. The topological polar surface area (TPSA) is 29.1 Å². The highest BCUT2D eigenvalue weighted by Gasteiger charge is 2.12. The molecule has 2 nitrogen and oxygen atoms in total. The van der Waals surface area contributed by atoms with Gasteiger partial charge in [0, 0.05) is 18.5 Å². The van der Waals surface area contributed by atoms with E-state index in [2.05, 4.69) is 12.2 Å². The molecule has 1 rings (SSSR count). The lowest BCUT2D eigenvalue weighted by molar-refractivity contribution is -0.121. The van der Waals surface area contributed by atoms with Gasteiger partial charge < -0.3 is 5.32 Å². The molecule has 0 unspecified atom stereocenters. The molecule has 3 heteroatoms. The van der Waals surface area contributed by atoms with Gasteiger partial charge >= 0.3 is 0 Å². The fraction of sp³-hybridized carbons (Fsp3) is 0.417. The molecule has 0 aliphatic rings. The first-order valence-corrected chi connectivity index (χ1v) is 5.51. The van der Waals surface area contributed by atoms with Crippen molar-refractivity contribution in [1.82, 2.24) is 5.32 Å². The molecule has 1 aromatic rings. The van der Waals surface area contributed by atoms with E-state index in [1.165, 1.54) is 5.56 Å². The SMILES string of the molecule is CC[C@@H](CC(=O)NC)c1ccc(Cl)cc1. The first kappa shape index (κ1) is 12.1. The lowest BCUT2D eigenvalue weighted by Crippen LogP contribution is -2.20. The number of nitrogens with one attached hydrogen (secondary N) is 1. The van der Waals surface area contributed by atoms with Gasteiger partial charge in [-0.25, -0.2) is 0 Å². The smallest absolute Gasteiger partial charge is 0.220 e. The summed E-state index contributed by atoms with van der Waals surface area (Å²) in [6.45, 7) is 2.09. The van der Waals surface area contributed by atoms with Crippen molar-refractivity contribution in [3.05, 3.63) is 34.9 Å². The first-order valence-electron chi connectivity index (χ1n) is 5.13. The fourth-order valence-corrected chi connectivity index (χ4v) is 1.68. The van der Waals surface area contributed by atoms with Crippen molar-refractivity contribution in [3.63, 3.8) is 0 Å². The van der Waals surface area contributed by atoms with Gasteiger partial charge in [0.15, 0.2) is 0 Å².